The molecule has 250 valence electrons. The summed E-state index contributed by atoms with van der Waals surface area (Å²) in [7, 11) is 0. The van der Waals surface area contributed by atoms with Crippen molar-refractivity contribution in [1.82, 2.24) is 0 Å². The fourth-order valence-corrected chi connectivity index (χ4v) is 11.6. The highest BCUT2D eigenvalue weighted by molar-refractivity contribution is 5.46. The molecular weight excluding hydrogens is 560 g/mol. The molecule has 44 heavy (non-hydrogen) atoms. The maximum Gasteiger partial charge on any atom is 0.186 e. The molecule has 1 aliphatic heterocycles. The van der Waals surface area contributed by atoms with Gasteiger partial charge in [0.25, 0.3) is 0 Å². The van der Waals surface area contributed by atoms with Gasteiger partial charge in [0.15, 0.2) is 6.29 Å². The lowest BCUT2D eigenvalue weighted by molar-refractivity contribution is -0.323. The van der Waals surface area contributed by atoms with Crippen LogP contribution in [0.25, 0.3) is 0 Å². The van der Waals surface area contributed by atoms with Crippen molar-refractivity contribution in [2.24, 2.45) is 44.3 Å². The van der Waals surface area contributed by atoms with Crippen molar-refractivity contribution in [1.29, 1.82) is 0 Å². The Labute approximate surface area is 263 Å². The summed E-state index contributed by atoms with van der Waals surface area (Å²) < 4.78 is 12.2. The second-order valence-electron chi connectivity index (χ2n) is 17.4. The first-order valence-electron chi connectivity index (χ1n) is 17.1. The summed E-state index contributed by atoms with van der Waals surface area (Å²) >= 11 is 0. The first-order valence-corrected chi connectivity index (χ1v) is 17.1. The molecule has 6 rings (SSSR count). The normalized spacial score (nSPS) is 55.1. The highest BCUT2D eigenvalue weighted by Crippen LogP contribution is 2.74. The summed E-state index contributed by atoms with van der Waals surface area (Å²) in [5.74, 6) is 0.235. The molecule has 0 aromatic rings. The van der Waals surface area contributed by atoms with Crippen LogP contribution in [0, 0.1) is 44.3 Å². The molecule has 6 aliphatic rings. The average Bonchev–Trinajstić information content (AvgIpc) is 2.96. The number of ether oxygens (including phenoxy) is 2. The summed E-state index contributed by atoms with van der Waals surface area (Å²) in [6, 6.07) is 0. The van der Waals surface area contributed by atoms with Crippen LogP contribution in [0.3, 0.4) is 0 Å². The number of hydrogen-bond acceptors (Lipinski definition) is 8. The van der Waals surface area contributed by atoms with Crippen LogP contribution in [0.4, 0.5) is 0 Å². The van der Waals surface area contributed by atoms with E-state index in [0.717, 1.165) is 38.5 Å². The third-order valence-corrected chi connectivity index (χ3v) is 14.8. The van der Waals surface area contributed by atoms with Crippen LogP contribution < -0.4 is 0 Å². The van der Waals surface area contributed by atoms with Gasteiger partial charge in [0.05, 0.1) is 31.5 Å². The van der Waals surface area contributed by atoms with E-state index >= 15 is 0 Å². The predicted molar refractivity (Wildman–Crippen MR) is 166 cm³/mol. The lowest BCUT2D eigenvalue weighted by atomic mass is 9.35. The molecule has 5 fully saturated rings. The second kappa shape index (κ2) is 10.6. The van der Waals surface area contributed by atoms with E-state index in [0.29, 0.717) is 12.8 Å². The highest BCUT2D eigenvalue weighted by Gasteiger charge is 2.68. The molecule has 6 N–H and O–H groups in total. The molecule has 0 bridgehead atoms. The zero-order valence-corrected chi connectivity index (χ0v) is 27.9. The van der Waals surface area contributed by atoms with Gasteiger partial charge in [-0.1, -0.05) is 64.8 Å². The Balaban J connectivity index is 1.36. The number of rotatable bonds is 4. The Kier molecular flexibility index (Phi) is 7.95. The molecule has 0 radical (unpaired) electrons. The number of allylic oxidation sites excluding steroid dienone is 4. The van der Waals surface area contributed by atoms with E-state index in [1.807, 2.05) is 0 Å². The van der Waals surface area contributed by atoms with E-state index < -0.39 is 53.7 Å². The molecule has 1 heterocycles. The first-order chi connectivity index (χ1) is 20.4. The summed E-state index contributed by atoms with van der Waals surface area (Å²) in [5, 5.41) is 65.0. The molecule has 0 amide bonds. The van der Waals surface area contributed by atoms with E-state index in [2.05, 4.69) is 53.7 Å². The van der Waals surface area contributed by atoms with Gasteiger partial charge >= 0.3 is 0 Å². The van der Waals surface area contributed by atoms with Crippen LogP contribution in [0.2, 0.25) is 0 Å². The lowest BCUT2D eigenvalue weighted by Crippen LogP contribution is -2.65. The summed E-state index contributed by atoms with van der Waals surface area (Å²) in [6.45, 7) is 15.4. The minimum Gasteiger partial charge on any atom is -0.396 e. The number of aliphatic hydroxyl groups excluding tert-OH is 6. The van der Waals surface area contributed by atoms with E-state index in [4.69, 9.17) is 9.47 Å². The Hall–Kier alpha value is -0.840. The third-order valence-electron chi connectivity index (χ3n) is 14.8. The molecule has 4 saturated carbocycles. The van der Waals surface area contributed by atoms with Crippen LogP contribution >= 0.6 is 0 Å². The minimum absolute atomic E-state index is 0.0137. The molecule has 5 aliphatic carbocycles. The standard InChI is InChI=1S/C36H58O8/c1-20-27(40)28(41)29(42)30(43-20)44-26-11-12-32(4)23(33(26,5)18-37)10-13-34(6)24(32)9-8-21-22-16-31(2,3)14-15-36(22,19-38)25(39)17-35(21,34)7/h8-9,20,22-23,25-30,37-42H,10-19H2,1-7H3. The Morgan fingerprint density at radius 2 is 1.50 bits per heavy atom. The Morgan fingerprint density at radius 3 is 2.16 bits per heavy atom. The van der Waals surface area contributed by atoms with Gasteiger partial charge < -0.3 is 40.1 Å². The monoisotopic (exact) mass is 618 g/mol. The smallest absolute Gasteiger partial charge is 0.186 e. The maximum absolute atomic E-state index is 11.9. The number of hydrogen-bond donors (Lipinski definition) is 6. The van der Waals surface area contributed by atoms with Gasteiger partial charge in [-0.05, 0) is 86.4 Å². The second-order valence-corrected chi connectivity index (χ2v) is 17.4. The van der Waals surface area contributed by atoms with Crippen molar-refractivity contribution in [3.05, 3.63) is 23.3 Å². The van der Waals surface area contributed by atoms with Gasteiger partial charge in [-0.15, -0.1) is 0 Å². The van der Waals surface area contributed by atoms with Gasteiger partial charge in [-0.2, -0.15) is 0 Å². The first kappa shape index (κ1) is 33.1. The van der Waals surface area contributed by atoms with Crippen molar-refractivity contribution >= 4 is 0 Å². The van der Waals surface area contributed by atoms with Crippen LogP contribution in [-0.4, -0.2) is 86.8 Å². The van der Waals surface area contributed by atoms with Gasteiger partial charge in [0, 0.05) is 16.2 Å². The van der Waals surface area contributed by atoms with Crippen LogP contribution in [0.15, 0.2) is 23.3 Å². The molecule has 0 aromatic heterocycles. The van der Waals surface area contributed by atoms with Crippen LogP contribution in [-0.2, 0) is 9.47 Å². The Bertz CT molecular complexity index is 1200. The fourth-order valence-electron chi connectivity index (χ4n) is 11.6. The summed E-state index contributed by atoms with van der Waals surface area (Å²) in [5.41, 5.74) is 1.18. The molecular formula is C36H58O8. The zero-order chi connectivity index (χ0) is 32.3. The van der Waals surface area contributed by atoms with Crippen molar-refractivity contribution in [2.75, 3.05) is 13.2 Å². The zero-order valence-electron chi connectivity index (χ0n) is 27.9. The molecule has 14 unspecified atom stereocenters. The molecule has 0 spiro atoms. The van der Waals surface area contributed by atoms with Crippen LogP contribution in [0.1, 0.15) is 99.8 Å². The lowest BCUT2D eigenvalue weighted by Gasteiger charge is -2.69. The number of fused-ring (bicyclic) bond motifs is 7. The van der Waals surface area contributed by atoms with Gasteiger partial charge in [0.1, 0.15) is 18.3 Å². The Morgan fingerprint density at radius 1 is 0.795 bits per heavy atom. The molecule has 14 atom stereocenters. The van der Waals surface area contributed by atoms with E-state index in [-0.39, 0.29) is 46.7 Å². The molecule has 0 aromatic carbocycles. The average molecular weight is 619 g/mol. The SMILES string of the molecule is CC1OC(OC2CCC3(C)C4=CC=C5C6CC(C)(C)CCC6(CO)C(O)CC5(C)C4(C)CCC3C2(C)CO)C(O)C(O)C1O. The molecule has 1 saturated heterocycles. The largest absolute Gasteiger partial charge is 0.396 e. The summed E-state index contributed by atoms with van der Waals surface area (Å²) in [6.07, 6.45) is 4.75. The highest BCUT2D eigenvalue weighted by atomic mass is 16.7. The van der Waals surface area contributed by atoms with Crippen molar-refractivity contribution < 1.29 is 40.1 Å². The van der Waals surface area contributed by atoms with Gasteiger partial charge in [-0.3, -0.25) is 0 Å². The molecule has 8 heteroatoms. The van der Waals surface area contributed by atoms with Crippen molar-refractivity contribution in [3.8, 4) is 0 Å². The van der Waals surface area contributed by atoms with E-state index in [1.165, 1.54) is 11.1 Å². The van der Waals surface area contributed by atoms with Gasteiger partial charge in [0.2, 0.25) is 0 Å². The molecule has 8 nitrogen and oxygen atoms in total. The van der Waals surface area contributed by atoms with Crippen molar-refractivity contribution in [2.45, 2.75) is 143 Å². The number of aliphatic hydroxyl groups is 6. The topological polar surface area (TPSA) is 140 Å². The van der Waals surface area contributed by atoms with E-state index in [9.17, 15) is 30.6 Å². The quantitative estimate of drug-likeness (QED) is 0.261. The minimum atomic E-state index is -1.38. The summed E-state index contributed by atoms with van der Waals surface area (Å²) in [4.78, 5) is 0. The van der Waals surface area contributed by atoms with Gasteiger partial charge in [-0.25, -0.2) is 0 Å². The van der Waals surface area contributed by atoms with E-state index in [1.54, 1.807) is 6.92 Å². The third kappa shape index (κ3) is 4.31. The van der Waals surface area contributed by atoms with Crippen molar-refractivity contribution in [3.63, 3.8) is 0 Å². The van der Waals surface area contributed by atoms with Crippen LogP contribution in [0.5, 0.6) is 0 Å². The fraction of sp³-hybridized carbons (Fsp3) is 0.889. The maximum atomic E-state index is 11.9. The predicted octanol–water partition coefficient (Wildman–Crippen LogP) is 3.86.